The molecule has 0 bridgehead atoms. The Hall–Kier alpha value is -3.74. The highest BCUT2D eigenvalue weighted by Crippen LogP contribution is 2.30. The number of amides is 1. The predicted octanol–water partition coefficient (Wildman–Crippen LogP) is 0.630. The van der Waals surface area contributed by atoms with E-state index in [-0.39, 0.29) is 11.4 Å². The maximum absolute atomic E-state index is 11.9. The normalized spacial score (nSPS) is 24.2. The Morgan fingerprint density at radius 1 is 1.03 bits per heavy atom. The van der Waals surface area contributed by atoms with Gasteiger partial charge >= 0.3 is 17.9 Å². The van der Waals surface area contributed by atoms with E-state index in [1.807, 2.05) is 0 Å². The summed E-state index contributed by atoms with van der Waals surface area (Å²) in [7, 11) is 0. The third kappa shape index (κ3) is 7.42. The lowest BCUT2D eigenvalue weighted by atomic mass is 9.96. The molecule has 1 aliphatic rings. The average molecular weight is 468 g/mol. The number of carbonyl (C=O) groups is 4. The maximum atomic E-state index is 11.9. The summed E-state index contributed by atoms with van der Waals surface area (Å²) in [5, 5.41) is 13.6. The van der Waals surface area contributed by atoms with Crippen LogP contribution in [0.25, 0.3) is 0 Å². The van der Waals surface area contributed by atoms with Gasteiger partial charge in [-0.3, -0.25) is 29.3 Å². The first-order valence-corrected chi connectivity index (χ1v) is 9.79. The van der Waals surface area contributed by atoms with Gasteiger partial charge in [-0.2, -0.15) is 0 Å². The number of non-ortho nitro benzene ring substituents is 1. The Kier molecular flexibility index (Phi) is 8.68. The molecule has 33 heavy (non-hydrogen) atoms. The van der Waals surface area contributed by atoms with E-state index in [0.29, 0.717) is 0 Å². The van der Waals surface area contributed by atoms with Gasteiger partial charge in [0, 0.05) is 33.8 Å². The first-order chi connectivity index (χ1) is 15.5. The van der Waals surface area contributed by atoms with E-state index in [2.05, 4.69) is 5.32 Å². The number of nitro benzene ring substituents is 1. The van der Waals surface area contributed by atoms with E-state index >= 15 is 0 Å². The lowest BCUT2D eigenvalue weighted by Gasteiger charge is -2.44. The van der Waals surface area contributed by atoms with Crippen LogP contribution >= 0.6 is 0 Å². The molecule has 1 fully saturated rings. The molecule has 0 aromatic heterocycles. The summed E-state index contributed by atoms with van der Waals surface area (Å²) in [6, 6.07) is 3.99. The van der Waals surface area contributed by atoms with Gasteiger partial charge in [-0.15, -0.1) is 0 Å². The molecular weight excluding hydrogens is 444 g/mol. The lowest BCUT2D eigenvalue weighted by Crippen LogP contribution is -2.67. The standard InChI is InChI=1S/C20H24N2O11/c1-10(23)21-17-19(31-13(4)26)18(30-12(3)25)16(9-29-11(2)24)33-20(17)32-15-7-5-6-14(8-15)22(27)28/h5-8,16-20H,9H2,1-4H3,(H,21,23)/t16-,17-,18+,19+,20-/m0/s1. The van der Waals surface area contributed by atoms with Crippen molar-refractivity contribution in [2.75, 3.05) is 6.61 Å². The van der Waals surface area contributed by atoms with Gasteiger partial charge in [-0.25, -0.2) is 0 Å². The summed E-state index contributed by atoms with van der Waals surface area (Å²) < 4.78 is 27.2. The van der Waals surface area contributed by atoms with Gasteiger partial charge in [0.15, 0.2) is 12.2 Å². The number of nitro groups is 1. The van der Waals surface area contributed by atoms with Gasteiger partial charge in [0.1, 0.15) is 24.5 Å². The molecule has 1 aromatic carbocycles. The number of benzene rings is 1. The van der Waals surface area contributed by atoms with Crippen LogP contribution in [-0.2, 0) is 38.1 Å². The van der Waals surface area contributed by atoms with E-state index in [4.69, 9.17) is 23.7 Å². The molecule has 0 unspecified atom stereocenters. The molecule has 0 spiro atoms. The minimum Gasteiger partial charge on any atom is -0.463 e. The third-order valence-electron chi connectivity index (χ3n) is 4.35. The molecule has 1 N–H and O–H groups in total. The monoisotopic (exact) mass is 468 g/mol. The van der Waals surface area contributed by atoms with Crippen molar-refractivity contribution in [2.45, 2.75) is 58.3 Å². The average Bonchev–Trinajstić information content (AvgIpc) is 2.70. The van der Waals surface area contributed by atoms with Gasteiger partial charge < -0.3 is 29.0 Å². The number of esters is 3. The summed E-state index contributed by atoms with van der Waals surface area (Å²) >= 11 is 0. The fourth-order valence-corrected chi connectivity index (χ4v) is 3.20. The van der Waals surface area contributed by atoms with Crippen LogP contribution in [-0.4, -0.2) is 66.0 Å². The van der Waals surface area contributed by atoms with Crippen LogP contribution in [0.2, 0.25) is 0 Å². The Balaban J connectivity index is 2.47. The maximum Gasteiger partial charge on any atom is 0.303 e. The van der Waals surface area contributed by atoms with Crippen LogP contribution in [0, 0.1) is 10.1 Å². The minimum absolute atomic E-state index is 0.0169. The van der Waals surface area contributed by atoms with Crippen molar-refractivity contribution in [1.82, 2.24) is 5.32 Å². The fraction of sp³-hybridized carbons (Fsp3) is 0.500. The summed E-state index contributed by atoms with van der Waals surface area (Å²) in [5.74, 6) is -2.68. The van der Waals surface area contributed by atoms with Gasteiger partial charge in [0.25, 0.3) is 5.69 Å². The minimum atomic E-state index is -1.37. The second kappa shape index (κ2) is 11.2. The van der Waals surface area contributed by atoms with Crippen molar-refractivity contribution in [2.24, 2.45) is 0 Å². The molecule has 13 heteroatoms. The summed E-state index contributed by atoms with van der Waals surface area (Å²) in [4.78, 5) is 57.2. The fourth-order valence-electron chi connectivity index (χ4n) is 3.20. The molecule has 5 atom stereocenters. The van der Waals surface area contributed by atoms with Crippen LogP contribution in [0.4, 0.5) is 5.69 Å². The summed E-state index contributed by atoms with van der Waals surface area (Å²) in [6.45, 7) is 4.19. The number of nitrogens with zero attached hydrogens (tertiary/aromatic N) is 1. The molecule has 1 amide bonds. The molecule has 0 radical (unpaired) electrons. The van der Waals surface area contributed by atoms with E-state index in [9.17, 15) is 29.3 Å². The summed E-state index contributed by atoms with van der Waals surface area (Å²) in [6.07, 6.45) is -5.09. The van der Waals surface area contributed by atoms with Crippen LogP contribution in [0.3, 0.4) is 0 Å². The van der Waals surface area contributed by atoms with Gasteiger partial charge in [-0.05, 0) is 6.07 Å². The number of ether oxygens (including phenoxy) is 5. The number of carbonyl (C=O) groups excluding carboxylic acids is 4. The second-order valence-electron chi connectivity index (χ2n) is 7.09. The Bertz CT molecular complexity index is 919. The molecule has 13 nitrogen and oxygen atoms in total. The van der Waals surface area contributed by atoms with E-state index in [1.165, 1.54) is 25.1 Å². The Morgan fingerprint density at radius 2 is 1.67 bits per heavy atom. The van der Waals surface area contributed by atoms with E-state index in [1.54, 1.807) is 0 Å². The molecule has 0 aliphatic carbocycles. The van der Waals surface area contributed by atoms with E-state index < -0.39 is 66.0 Å². The molecule has 180 valence electrons. The smallest absolute Gasteiger partial charge is 0.303 e. The zero-order chi connectivity index (χ0) is 24.7. The van der Waals surface area contributed by atoms with Crippen molar-refractivity contribution >= 4 is 29.5 Å². The molecular formula is C20H24N2O11. The number of nitrogens with one attached hydrogen (secondary N) is 1. The quantitative estimate of drug-likeness (QED) is 0.246. The van der Waals surface area contributed by atoms with E-state index in [0.717, 1.165) is 26.8 Å². The van der Waals surface area contributed by atoms with Crippen molar-refractivity contribution in [1.29, 1.82) is 0 Å². The third-order valence-corrected chi connectivity index (χ3v) is 4.35. The highest BCUT2D eigenvalue weighted by molar-refractivity contribution is 5.73. The largest absolute Gasteiger partial charge is 0.463 e. The van der Waals surface area contributed by atoms with Gasteiger partial charge in [-0.1, -0.05) is 6.07 Å². The lowest BCUT2D eigenvalue weighted by molar-refractivity contribution is -0.385. The highest BCUT2D eigenvalue weighted by Gasteiger charge is 2.52. The summed E-state index contributed by atoms with van der Waals surface area (Å²) in [5.41, 5.74) is -0.259. The van der Waals surface area contributed by atoms with Crippen LogP contribution in [0.15, 0.2) is 24.3 Å². The molecule has 1 saturated heterocycles. The van der Waals surface area contributed by atoms with Crippen molar-refractivity contribution < 1.29 is 47.8 Å². The van der Waals surface area contributed by atoms with Gasteiger partial charge in [0.2, 0.25) is 12.2 Å². The first-order valence-electron chi connectivity index (χ1n) is 9.79. The molecule has 1 aliphatic heterocycles. The number of rotatable bonds is 8. The number of hydrogen-bond donors (Lipinski definition) is 1. The van der Waals surface area contributed by atoms with Crippen LogP contribution in [0.5, 0.6) is 5.75 Å². The van der Waals surface area contributed by atoms with Crippen molar-refractivity contribution in [3.05, 3.63) is 34.4 Å². The van der Waals surface area contributed by atoms with Crippen LogP contribution < -0.4 is 10.1 Å². The molecule has 0 saturated carbocycles. The second-order valence-corrected chi connectivity index (χ2v) is 7.09. The Labute approximate surface area is 188 Å². The topological polar surface area (TPSA) is 170 Å². The molecule has 1 heterocycles. The highest BCUT2D eigenvalue weighted by atomic mass is 16.7. The van der Waals surface area contributed by atoms with Gasteiger partial charge in [0.05, 0.1) is 11.0 Å². The zero-order valence-corrected chi connectivity index (χ0v) is 18.3. The van der Waals surface area contributed by atoms with Crippen molar-refractivity contribution in [3.8, 4) is 5.75 Å². The number of hydrogen-bond acceptors (Lipinski definition) is 11. The molecule has 1 aromatic rings. The van der Waals surface area contributed by atoms with Crippen LogP contribution in [0.1, 0.15) is 27.7 Å². The predicted molar refractivity (Wildman–Crippen MR) is 108 cm³/mol. The first kappa shape index (κ1) is 25.5. The molecule has 2 rings (SSSR count). The zero-order valence-electron chi connectivity index (χ0n) is 18.3. The SMILES string of the molecule is CC(=O)N[C@@H]1[C@@H](Oc2cccc([N+](=O)[O-])c2)O[C@@H](COC(C)=O)[C@@H](OC(C)=O)[C@@H]1OC(C)=O. The Morgan fingerprint density at radius 3 is 2.21 bits per heavy atom. The van der Waals surface area contributed by atoms with Crippen molar-refractivity contribution in [3.63, 3.8) is 0 Å².